The van der Waals surface area contributed by atoms with Crippen LogP contribution in [0.15, 0.2) is 23.3 Å². The predicted octanol–water partition coefficient (Wildman–Crippen LogP) is 4.40. The molecule has 0 amide bonds. The Kier molecular flexibility index (Phi) is 12.6. The highest BCUT2D eigenvalue weighted by atomic mass is 16.5. The van der Waals surface area contributed by atoms with Gasteiger partial charge in [0.1, 0.15) is 0 Å². The third kappa shape index (κ3) is 9.43. The zero-order valence-corrected chi connectivity index (χ0v) is 18.8. The molecule has 0 aromatic heterocycles. The molecule has 30 heavy (non-hydrogen) atoms. The maximum absolute atomic E-state index is 12.2. The Balaban J connectivity index is 2.72. The van der Waals surface area contributed by atoms with Gasteiger partial charge in [-0.1, -0.05) is 63.7 Å². The van der Waals surface area contributed by atoms with Crippen LogP contribution >= 0.6 is 0 Å². The lowest BCUT2D eigenvalue weighted by Crippen LogP contribution is -2.16. The van der Waals surface area contributed by atoms with Crippen molar-refractivity contribution in [3.8, 4) is 0 Å². The summed E-state index contributed by atoms with van der Waals surface area (Å²) in [6.45, 7) is 4.30. The molecule has 0 saturated heterocycles. The van der Waals surface area contributed by atoms with Gasteiger partial charge in [-0.25, -0.2) is 4.79 Å². The van der Waals surface area contributed by atoms with Crippen LogP contribution in [-0.4, -0.2) is 46.6 Å². The average Bonchev–Trinajstić information content (AvgIpc) is 3.01. The lowest BCUT2D eigenvalue weighted by molar-refractivity contribution is -0.137. The van der Waals surface area contributed by atoms with Crippen molar-refractivity contribution in [1.82, 2.24) is 0 Å². The monoisotopic (exact) mass is 424 g/mol. The van der Waals surface area contributed by atoms with Gasteiger partial charge in [0.2, 0.25) is 0 Å². The molecule has 0 unspecified atom stereocenters. The molecule has 0 spiro atoms. The molecule has 0 fully saturated rings. The van der Waals surface area contributed by atoms with Crippen molar-refractivity contribution >= 4 is 11.9 Å². The number of carboxylic acids is 1. The number of carbonyl (C=O) groups is 2. The van der Waals surface area contributed by atoms with E-state index in [9.17, 15) is 19.8 Å². The minimum Gasteiger partial charge on any atom is -0.481 e. The molecule has 0 aromatic carbocycles. The third-order valence-electron chi connectivity index (χ3n) is 5.87. The van der Waals surface area contributed by atoms with Crippen molar-refractivity contribution in [1.29, 1.82) is 0 Å². The van der Waals surface area contributed by atoms with Crippen LogP contribution in [0.3, 0.4) is 0 Å². The van der Waals surface area contributed by atoms with Crippen LogP contribution in [0.2, 0.25) is 0 Å². The zero-order chi connectivity index (χ0) is 22.5. The number of esters is 1. The first-order chi connectivity index (χ1) is 14.3. The normalized spacial score (nSPS) is 21.2. The third-order valence-corrected chi connectivity index (χ3v) is 5.87. The molecule has 3 N–H and O–H groups in total. The van der Waals surface area contributed by atoms with Gasteiger partial charge in [0, 0.05) is 24.3 Å². The summed E-state index contributed by atoms with van der Waals surface area (Å²) in [5.41, 5.74) is 1.42. The van der Waals surface area contributed by atoms with E-state index in [2.05, 4.69) is 13.8 Å². The fourth-order valence-electron chi connectivity index (χ4n) is 4.15. The van der Waals surface area contributed by atoms with Gasteiger partial charge in [-0.05, 0) is 31.6 Å². The molecule has 0 radical (unpaired) electrons. The Hall–Kier alpha value is -1.66. The number of carboxylic acid groups (broad SMARTS) is 1. The van der Waals surface area contributed by atoms with E-state index in [4.69, 9.17) is 9.84 Å². The molecule has 0 heterocycles. The SMILES string of the molecule is CCCC[C@@H](C)C[C@H](O)/C=C/[C@@H]1C(CCCCCCC(=O)O)=C(C(=O)OC)C[C@H]1O. The molecule has 1 aliphatic carbocycles. The molecule has 0 bridgehead atoms. The predicted molar refractivity (Wildman–Crippen MR) is 117 cm³/mol. The van der Waals surface area contributed by atoms with Gasteiger partial charge >= 0.3 is 11.9 Å². The highest BCUT2D eigenvalue weighted by Crippen LogP contribution is 2.37. The van der Waals surface area contributed by atoms with Gasteiger partial charge < -0.3 is 20.1 Å². The van der Waals surface area contributed by atoms with Crippen LogP contribution in [0.1, 0.15) is 84.5 Å². The van der Waals surface area contributed by atoms with Crippen LogP contribution in [0, 0.1) is 11.8 Å². The smallest absolute Gasteiger partial charge is 0.333 e. The van der Waals surface area contributed by atoms with Crippen molar-refractivity contribution in [2.24, 2.45) is 11.8 Å². The van der Waals surface area contributed by atoms with Crippen molar-refractivity contribution in [3.63, 3.8) is 0 Å². The Morgan fingerprint density at radius 2 is 1.90 bits per heavy atom. The second-order valence-corrected chi connectivity index (χ2v) is 8.54. The number of hydrogen-bond donors (Lipinski definition) is 3. The van der Waals surface area contributed by atoms with E-state index in [1.165, 1.54) is 7.11 Å². The minimum atomic E-state index is -0.780. The Morgan fingerprint density at radius 3 is 2.53 bits per heavy atom. The Bertz CT molecular complexity index is 595. The molecule has 1 aliphatic rings. The molecular formula is C24H40O6. The quantitative estimate of drug-likeness (QED) is 0.205. The average molecular weight is 425 g/mol. The van der Waals surface area contributed by atoms with E-state index in [-0.39, 0.29) is 18.8 Å². The van der Waals surface area contributed by atoms with Crippen LogP contribution in [0.25, 0.3) is 0 Å². The maximum atomic E-state index is 12.2. The van der Waals surface area contributed by atoms with Gasteiger partial charge in [0.15, 0.2) is 0 Å². The molecule has 0 saturated carbocycles. The van der Waals surface area contributed by atoms with Gasteiger partial charge in [-0.15, -0.1) is 0 Å². The number of aliphatic hydroxyl groups excluding tert-OH is 2. The van der Waals surface area contributed by atoms with Crippen LogP contribution in [0.5, 0.6) is 0 Å². The topological polar surface area (TPSA) is 104 Å². The van der Waals surface area contributed by atoms with Crippen molar-refractivity contribution < 1.29 is 29.6 Å². The second kappa shape index (κ2) is 14.4. The molecular weight excluding hydrogens is 384 g/mol. The molecule has 6 heteroatoms. The fourth-order valence-corrected chi connectivity index (χ4v) is 4.15. The molecule has 0 aromatic rings. The van der Waals surface area contributed by atoms with Gasteiger partial charge in [0.05, 0.1) is 19.3 Å². The van der Waals surface area contributed by atoms with Crippen LogP contribution in [0.4, 0.5) is 0 Å². The number of methoxy groups -OCH3 is 1. The maximum Gasteiger partial charge on any atom is 0.333 e. The molecule has 0 aliphatic heterocycles. The zero-order valence-electron chi connectivity index (χ0n) is 18.8. The lowest BCUT2D eigenvalue weighted by Gasteiger charge is -2.17. The second-order valence-electron chi connectivity index (χ2n) is 8.54. The van der Waals surface area contributed by atoms with E-state index in [0.29, 0.717) is 30.8 Å². The standard InChI is InChI=1S/C24H40O6/c1-4-5-10-17(2)15-18(25)13-14-20-19(11-8-6-7-9-12-23(27)28)21(16-22(20)26)24(29)30-3/h13-14,17-18,20,22,25-26H,4-12,15-16H2,1-3H3,(H,27,28)/b14-13+/t17-,18-,20-,22-/m1/s1. The number of carbonyl (C=O) groups excluding carboxylic acids is 1. The van der Waals surface area contributed by atoms with E-state index < -0.39 is 24.1 Å². The first kappa shape index (κ1) is 26.4. The van der Waals surface area contributed by atoms with Gasteiger partial charge in [-0.3, -0.25) is 4.79 Å². The van der Waals surface area contributed by atoms with Crippen LogP contribution < -0.4 is 0 Å². The van der Waals surface area contributed by atoms with Crippen molar-refractivity contribution in [2.45, 2.75) is 96.7 Å². The van der Waals surface area contributed by atoms with Gasteiger partial charge in [0.25, 0.3) is 0 Å². The minimum absolute atomic E-state index is 0.175. The number of aliphatic carboxylic acids is 1. The van der Waals surface area contributed by atoms with Crippen molar-refractivity contribution in [2.75, 3.05) is 7.11 Å². The van der Waals surface area contributed by atoms with E-state index in [1.54, 1.807) is 6.08 Å². The van der Waals surface area contributed by atoms with Crippen LogP contribution in [-0.2, 0) is 14.3 Å². The lowest BCUT2D eigenvalue weighted by atomic mass is 9.91. The summed E-state index contributed by atoms with van der Waals surface area (Å²) in [5.74, 6) is -1.04. The summed E-state index contributed by atoms with van der Waals surface area (Å²) in [6.07, 6.45) is 10.7. The highest BCUT2D eigenvalue weighted by molar-refractivity contribution is 5.90. The number of ether oxygens (including phenoxy) is 1. The first-order valence-electron chi connectivity index (χ1n) is 11.4. The Morgan fingerprint density at radius 1 is 1.20 bits per heavy atom. The number of rotatable bonds is 15. The summed E-state index contributed by atoms with van der Waals surface area (Å²) in [5, 5.41) is 29.6. The summed E-state index contributed by atoms with van der Waals surface area (Å²) in [4.78, 5) is 22.8. The summed E-state index contributed by atoms with van der Waals surface area (Å²) < 4.78 is 4.90. The first-order valence-corrected chi connectivity index (χ1v) is 11.4. The number of unbranched alkanes of at least 4 members (excludes halogenated alkanes) is 4. The van der Waals surface area contributed by atoms with E-state index in [0.717, 1.165) is 44.1 Å². The number of hydrogen-bond acceptors (Lipinski definition) is 5. The van der Waals surface area contributed by atoms with E-state index >= 15 is 0 Å². The van der Waals surface area contributed by atoms with Crippen molar-refractivity contribution in [3.05, 3.63) is 23.3 Å². The van der Waals surface area contributed by atoms with E-state index in [1.807, 2.05) is 6.08 Å². The fraction of sp³-hybridized carbons (Fsp3) is 0.750. The summed E-state index contributed by atoms with van der Waals surface area (Å²) in [7, 11) is 1.34. The molecule has 4 atom stereocenters. The summed E-state index contributed by atoms with van der Waals surface area (Å²) >= 11 is 0. The highest BCUT2D eigenvalue weighted by Gasteiger charge is 2.35. The van der Waals surface area contributed by atoms with Gasteiger partial charge in [-0.2, -0.15) is 0 Å². The Labute approximate surface area is 181 Å². The number of aliphatic hydroxyl groups is 2. The molecule has 1 rings (SSSR count). The largest absolute Gasteiger partial charge is 0.481 e. The summed E-state index contributed by atoms with van der Waals surface area (Å²) in [6, 6.07) is 0. The molecule has 172 valence electrons. The molecule has 6 nitrogen and oxygen atoms in total.